The predicted octanol–water partition coefficient (Wildman–Crippen LogP) is 1.93. The summed E-state index contributed by atoms with van der Waals surface area (Å²) in [5.74, 6) is -0.844. The van der Waals surface area contributed by atoms with Gasteiger partial charge >= 0.3 is 5.70 Å². The molecule has 1 aliphatic rings. The average Bonchev–Trinajstić information content (AvgIpc) is 2.26. The smallest absolute Gasteiger partial charge is 0.342 e. The number of nitrogens with zero attached hydrogens (tertiary/aromatic N) is 1. The van der Waals surface area contributed by atoms with Crippen LogP contribution in [-0.4, -0.2) is 12.0 Å². The Labute approximate surface area is 74.2 Å². The molecule has 0 heterocycles. The van der Waals surface area contributed by atoms with Crippen LogP contribution in [0.4, 0.5) is 4.39 Å². The molecule has 0 unspecified atom stereocenters. The Bertz CT molecular complexity index is 317. The van der Waals surface area contributed by atoms with Gasteiger partial charge in [-0.3, -0.25) is 10.1 Å². The van der Waals surface area contributed by atoms with Gasteiger partial charge in [0.25, 0.3) is 0 Å². The van der Waals surface area contributed by atoms with E-state index in [4.69, 9.17) is 4.74 Å². The molecule has 0 saturated carbocycles. The molecule has 0 aromatic heterocycles. The average molecular weight is 185 g/mol. The summed E-state index contributed by atoms with van der Waals surface area (Å²) in [6.45, 7) is 0. The van der Waals surface area contributed by atoms with Crippen LogP contribution in [0, 0.1) is 10.1 Å². The van der Waals surface area contributed by atoms with E-state index in [-0.39, 0.29) is 12.2 Å². The lowest BCUT2D eigenvalue weighted by molar-refractivity contribution is -0.425. The van der Waals surface area contributed by atoms with Crippen molar-refractivity contribution in [3.8, 4) is 0 Å². The minimum Gasteiger partial charge on any atom is -0.494 e. The van der Waals surface area contributed by atoms with Crippen LogP contribution in [0.2, 0.25) is 0 Å². The molecule has 4 nitrogen and oxygen atoms in total. The zero-order valence-electron chi connectivity index (χ0n) is 6.99. The van der Waals surface area contributed by atoms with Crippen LogP contribution >= 0.6 is 0 Å². The Morgan fingerprint density at radius 3 is 2.92 bits per heavy atom. The monoisotopic (exact) mass is 185 g/mol. The molecular formula is C8H8FNO3. The number of halogens is 1. The third kappa shape index (κ3) is 1.93. The van der Waals surface area contributed by atoms with Crippen molar-refractivity contribution in [1.29, 1.82) is 0 Å². The van der Waals surface area contributed by atoms with Crippen molar-refractivity contribution in [2.75, 3.05) is 7.11 Å². The van der Waals surface area contributed by atoms with Crippen molar-refractivity contribution < 1.29 is 14.1 Å². The number of ether oxygens (including phenoxy) is 1. The van der Waals surface area contributed by atoms with Gasteiger partial charge in [0.1, 0.15) is 0 Å². The molecule has 70 valence electrons. The van der Waals surface area contributed by atoms with Crippen LogP contribution in [-0.2, 0) is 4.74 Å². The topological polar surface area (TPSA) is 52.4 Å². The Morgan fingerprint density at radius 1 is 1.69 bits per heavy atom. The van der Waals surface area contributed by atoms with E-state index in [1.54, 1.807) is 6.08 Å². The highest BCUT2D eigenvalue weighted by Gasteiger charge is 2.25. The van der Waals surface area contributed by atoms with Crippen LogP contribution in [0.3, 0.4) is 0 Å². The van der Waals surface area contributed by atoms with E-state index in [9.17, 15) is 14.5 Å². The van der Waals surface area contributed by atoms with Crippen LogP contribution in [0.15, 0.2) is 35.5 Å². The zero-order chi connectivity index (χ0) is 9.84. The van der Waals surface area contributed by atoms with Gasteiger partial charge in [0.05, 0.1) is 12.0 Å². The quantitative estimate of drug-likeness (QED) is 0.488. The highest BCUT2D eigenvalue weighted by molar-refractivity contribution is 5.29. The lowest BCUT2D eigenvalue weighted by Gasteiger charge is -2.02. The number of methoxy groups -OCH3 is 1. The second-order valence-corrected chi connectivity index (χ2v) is 2.38. The highest BCUT2D eigenvalue weighted by Crippen LogP contribution is 2.22. The van der Waals surface area contributed by atoms with Gasteiger partial charge in [-0.25, -0.2) is 0 Å². The third-order valence-corrected chi connectivity index (χ3v) is 1.60. The van der Waals surface area contributed by atoms with Gasteiger partial charge < -0.3 is 4.74 Å². The molecule has 0 aromatic carbocycles. The van der Waals surface area contributed by atoms with Crippen LogP contribution < -0.4 is 0 Å². The fourth-order valence-electron chi connectivity index (χ4n) is 1.01. The number of hydrogen-bond acceptors (Lipinski definition) is 3. The first kappa shape index (κ1) is 9.44. The first-order valence-electron chi connectivity index (χ1n) is 3.61. The maximum atomic E-state index is 13.0. The molecule has 0 aromatic rings. The van der Waals surface area contributed by atoms with Gasteiger partial charge in [-0.05, 0) is 6.08 Å². The first-order valence-corrected chi connectivity index (χ1v) is 3.61. The molecule has 0 bridgehead atoms. The van der Waals surface area contributed by atoms with Crippen LogP contribution in [0.1, 0.15) is 6.42 Å². The molecule has 1 aliphatic carbocycles. The molecule has 0 saturated heterocycles. The minimum absolute atomic E-state index is 0.0347. The fraction of sp³-hybridized carbons (Fsp3) is 0.250. The third-order valence-electron chi connectivity index (χ3n) is 1.60. The van der Waals surface area contributed by atoms with E-state index in [0.717, 1.165) is 6.08 Å². The van der Waals surface area contributed by atoms with E-state index in [1.165, 1.54) is 13.2 Å². The highest BCUT2D eigenvalue weighted by atomic mass is 19.1. The maximum Gasteiger partial charge on any atom is 0.342 e. The van der Waals surface area contributed by atoms with E-state index in [1.807, 2.05) is 0 Å². The van der Waals surface area contributed by atoms with E-state index in [2.05, 4.69) is 0 Å². The fourth-order valence-corrected chi connectivity index (χ4v) is 1.01. The minimum atomic E-state index is -0.879. The maximum absolute atomic E-state index is 13.0. The Hall–Kier alpha value is -1.65. The summed E-state index contributed by atoms with van der Waals surface area (Å²) < 4.78 is 17.7. The number of hydrogen-bond donors (Lipinski definition) is 0. The molecule has 0 fully saturated rings. The van der Waals surface area contributed by atoms with Gasteiger partial charge in [0.2, 0.25) is 5.83 Å². The van der Waals surface area contributed by atoms with Gasteiger partial charge in [-0.2, -0.15) is 4.39 Å². The van der Waals surface area contributed by atoms with Crippen molar-refractivity contribution in [3.05, 3.63) is 45.6 Å². The van der Waals surface area contributed by atoms with Crippen molar-refractivity contribution >= 4 is 0 Å². The largest absolute Gasteiger partial charge is 0.494 e. The number of nitro groups is 1. The molecule has 5 heteroatoms. The Morgan fingerprint density at radius 2 is 2.38 bits per heavy atom. The summed E-state index contributed by atoms with van der Waals surface area (Å²) in [7, 11) is 1.28. The summed E-state index contributed by atoms with van der Waals surface area (Å²) in [6, 6.07) is 0. The molecular weight excluding hydrogens is 177 g/mol. The van der Waals surface area contributed by atoms with Crippen LogP contribution in [0.5, 0.6) is 0 Å². The van der Waals surface area contributed by atoms with E-state index < -0.39 is 16.4 Å². The molecule has 1 rings (SSSR count). The molecule has 0 aliphatic heterocycles. The molecule has 0 amide bonds. The van der Waals surface area contributed by atoms with Gasteiger partial charge in [-0.15, -0.1) is 0 Å². The molecule has 13 heavy (non-hydrogen) atoms. The summed E-state index contributed by atoms with van der Waals surface area (Å²) in [5.41, 5.74) is -0.590. The number of allylic oxidation sites excluding steroid dienone is 4. The predicted molar refractivity (Wildman–Crippen MR) is 44.0 cm³/mol. The van der Waals surface area contributed by atoms with Crippen molar-refractivity contribution in [3.63, 3.8) is 0 Å². The summed E-state index contributed by atoms with van der Waals surface area (Å²) in [5, 5.41) is 10.4. The Balaban J connectivity index is 3.17. The first-order chi connectivity index (χ1) is 6.16. The second-order valence-electron chi connectivity index (χ2n) is 2.38. The molecule has 0 radical (unpaired) electrons. The molecule has 0 N–H and O–H groups in total. The Kier molecular flexibility index (Phi) is 2.79. The van der Waals surface area contributed by atoms with Crippen molar-refractivity contribution in [1.82, 2.24) is 0 Å². The van der Waals surface area contributed by atoms with Gasteiger partial charge in [0, 0.05) is 6.42 Å². The summed E-state index contributed by atoms with van der Waals surface area (Å²) in [6.07, 6.45) is 4.29. The number of rotatable bonds is 2. The standard InChI is InChI=1S/C8H8FNO3/c1-13-7-5-3-2-4-6(9)8(7)10(11)12/h2-4H,5H2,1H3. The van der Waals surface area contributed by atoms with E-state index in [0.29, 0.717) is 0 Å². The van der Waals surface area contributed by atoms with Gasteiger partial charge in [0.15, 0.2) is 5.76 Å². The second kappa shape index (κ2) is 3.84. The van der Waals surface area contributed by atoms with Crippen LogP contribution in [0.25, 0.3) is 0 Å². The summed E-state index contributed by atoms with van der Waals surface area (Å²) in [4.78, 5) is 9.67. The van der Waals surface area contributed by atoms with Crippen molar-refractivity contribution in [2.45, 2.75) is 6.42 Å². The molecule has 0 atom stereocenters. The van der Waals surface area contributed by atoms with Crippen molar-refractivity contribution in [2.24, 2.45) is 0 Å². The van der Waals surface area contributed by atoms with Gasteiger partial charge in [-0.1, -0.05) is 12.2 Å². The molecule has 0 spiro atoms. The SMILES string of the molecule is COC1=C([N+](=O)[O-])C(F)=CC=CC1. The lowest BCUT2D eigenvalue weighted by Crippen LogP contribution is -2.04. The zero-order valence-corrected chi connectivity index (χ0v) is 6.99. The van der Waals surface area contributed by atoms with E-state index >= 15 is 0 Å². The lowest BCUT2D eigenvalue weighted by atomic mass is 10.3. The summed E-state index contributed by atoms with van der Waals surface area (Å²) >= 11 is 0. The normalized spacial score (nSPS) is 16.6.